The molecule has 0 saturated carbocycles. The summed E-state index contributed by atoms with van der Waals surface area (Å²) in [7, 11) is 0. The van der Waals surface area contributed by atoms with Crippen LogP contribution in [0.3, 0.4) is 0 Å². The van der Waals surface area contributed by atoms with Gasteiger partial charge in [-0.15, -0.1) is 11.3 Å². The van der Waals surface area contributed by atoms with Crippen LogP contribution in [0.4, 0.5) is 13.2 Å². The topological polar surface area (TPSA) is 50.2 Å². The summed E-state index contributed by atoms with van der Waals surface area (Å²) in [5.74, 6) is -0.377. The molecule has 0 fully saturated rings. The van der Waals surface area contributed by atoms with Crippen molar-refractivity contribution in [3.05, 3.63) is 64.6 Å². The second-order valence-electron chi connectivity index (χ2n) is 5.78. The van der Waals surface area contributed by atoms with E-state index < -0.39 is 11.9 Å². The minimum atomic E-state index is -4.59. The molecule has 1 N–H and O–H groups in total. The Labute approximate surface area is 149 Å². The number of nitrogens with zero attached hydrogens (tertiary/aromatic N) is 2. The van der Waals surface area contributed by atoms with E-state index in [4.69, 9.17) is 0 Å². The summed E-state index contributed by atoms with van der Waals surface area (Å²) < 4.78 is 41.2. The van der Waals surface area contributed by atoms with E-state index in [1.54, 1.807) is 31.5 Å². The Morgan fingerprint density at radius 2 is 2.08 bits per heavy atom. The van der Waals surface area contributed by atoms with Crippen LogP contribution in [0.5, 0.6) is 0 Å². The summed E-state index contributed by atoms with van der Waals surface area (Å²) in [6.07, 6.45) is 0.879. The Morgan fingerprint density at radius 3 is 2.85 bits per heavy atom. The monoisotopic (exact) mass is 375 g/mol. The maximum absolute atomic E-state index is 13.3. The maximum Gasteiger partial charge on any atom is 0.435 e. The van der Waals surface area contributed by atoms with Crippen LogP contribution >= 0.6 is 11.3 Å². The Balaban J connectivity index is 1.77. The lowest BCUT2D eigenvalue weighted by Crippen LogP contribution is -2.08. The smallest absolute Gasteiger partial charge is 0.360 e. The van der Waals surface area contributed by atoms with Gasteiger partial charge < -0.3 is 4.98 Å². The number of rotatable bonds is 3. The molecular weight excluding hydrogens is 363 g/mol. The number of aromatic amines is 1. The van der Waals surface area contributed by atoms with Crippen LogP contribution in [0.15, 0.2) is 42.7 Å². The third kappa shape index (κ3) is 2.72. The van der Waals surface area contributed by atoms with Crippen LogP contribution in [0, 0.1) is 6.92 Å². The van der Waals surface area contributed by atoms with Crippen LogP contribution < -0.4 is 0 Å². The summed E-state index contributed by atoms with van der Waals surface area (Å²) in [5.41, 5.74) is 0.0601. The molecule has 4 rings (SSSR count). The van der Waals surface area contributed by atoms with Gasteiger partial charge in [0.25, 0.3) is 0 Å². The molecule has 1 aromatic carbocycles. The van der Waals surface area contributed by atoms with Gasteiger partial charge in [0.15, 0.2) is 16.4 Å². The number of aryl methyl sites for hydroxylation is 1. The molecule has 0 bridgehead atoms. The highest BCUT2D eigenvalue weighted by Crippen LogP contribution is 2.34. The predicted octanol–water partition coefficient (Wildman–Crippen LogP) is 5.10. The first-order valence-electron chi connectivity index (χ1n) is 7.69. The number of halogens is 3. The van der Waals surface area contributed by atoms with Gasteiger partial charge in [-0.2, -0.15) is 13.2 Å². The normalized spacial score (nSPS) is 12.6. The molecule has 26 heavy (non-hydrogen) atoms. The van der Waals surface area contributed by atoms with E-state index in [1.165, 1.54) is 21.8 Å². The van der Waals surface area contributed by atoms with E-state index in [9.17, 15) is 18.0 Å². The van der Waals surface area contributed by atoms with Gasteiger partial charge in [0.2, 0.25) is 0 Å². The quantitative estimate of drug-likeness (QED) is 0.400. The van der Waals surface area contributed by atoms with E-state index in [1.807, 2.05) is 12.1 Å². The van der Waals surface area contributed by atoms with Crippen LogP contribution in [0.25, 0.3) is 21.9 Å². The summed E-state index contributed by atoms with van der Waals surface area (Å²) in [5, 5.41) is 0.725. The number of para-hydroxylation sites is 1. The number of imidazole rings is 1. The van der Waals surface area contributed by atoms with Crippen molar-refractivity contribution in [2.24, 2.45) is 0 Å². The molecule has 0 aliphatic rings. The van der Waals surface area contributed by atoms with Crippen molar-refractivity contribution in [3.8, 4) is 0 Å². The summed E-state index contributed by atoms with van der Waals surface area (Å²) >= 11 is 1.17. The molecular formula is C18H12F3N3OS. The van der Waals surface area contributed by atoms with Crippen LogP contribution in [0.2, 0.25) is 0 Å². The number of hydrogen-bond acceptors (Lipinski definition) is 3. The molecule has 4 aromatic rings. The third-order valence-electron chi connectivity index (χ3n) is 3.99. The molecule has 0 unspecified atom stereocenters. The van der Waals surface area contributed by atoms with E-state index in [2.05, 4.69) is 9.97 Å². The predicted molar refractivity (Wildman–Crippen MR) is 94.5 cm³/mol. The number of carbonyl (C=O) groups is 1. The Hall–Kier alpha value is -2.87. The molecule has 4 nitrogen and oxygen atoms in total. The number of aromatic nitrogens is 3. The standard InChI is InChI=1S/C18H12F3N3OS/c1-10-9-24-14(16(18(19,20)21)23-17(24)26-10)6-7-15(25)12-8-22-13-5-3-2-4-11(12)13/h2-9,22H,1H3. The van der Waals surface area contributed by atoms with E-state index in [0.29, 0.717) is 5.56 Å². The first-order valence-corrected chi connectivity index (χ1v) is 8.50. The lowest BCUT2D eigenvalue weighted by atomic mass is 10.1. The van der Waals surface area contributed by atoms with Crippen molar-refractivity contribution in [3.63, 3.8) is 0 Å². The van der Waals surface area contributed by atoms with Gasteiger partial charge in [-0.05, 0) is 25.1 Å². The van der Waals surface area contributed by atoms with Gasteiger partial charge in [0.1, 0.15) is 0 Å². The van der Waals surface area contributed by atoms with Crippen molar-refractivity contribution >= 4 is 39.1 Å². The second-order valence-corrected chi connectivity index (χ2v) is 7.00. The van der Waals surface area contributed by atoms with Gasteiger partial charge >= 0.3 is 6.18 Å². The Bertz CT molecular complexity index is 1160. The van der Waals surface area contributed by atoms with E-state index >= 15 is 0 Å². The lowest BCUT2D eigenvalue weighted by Gasteiger charge is -2.04. The van der Waals surface area contributed by atoms with Crippen molar-refractivity contribution in [2.45, 2.75) is 13.1 Å². The fourth-order valence-electron chi connectivity index (χ4n) is 2.86. The number of H-pyrrole nitrogens is 1. The van der Waals surface area contributed by atoms with Crippen molar-refractivity contribution in [1.82, 2.24) is 14.4 Å². The molecule has 0 atom stereocenters. The number of nitrogens with one attached hydrogen (secondary N) is 1. The SMILES string of the molecule is Cc1cn2c(C=CC(=O)c3c[nH]c4ccccc34)c(C(F)(F)F)nc2s1. The van der Waals surface area contributed by atoms with Crippen molar-refractivity contribution in [2.75, 3.05) is 0 Å². The highest BCUT2D eigenvalue weighted by Gasteiger charge is 2.37. The highest BCUT2D eigenvalue weighted by atomic mass is 32.1. The summed E-state index contributed by atoms with van der Waals surface area (Å²) in [4.78, 5) is 20.2. The minimum absolute atomic E-state index is 0.148. The van der Waals surface area contributed by atoms with Gasteiger partial charge in [-0.3, -0.25) is 9.20 Å². The van der Waals surface area contributed by atoms with E-state index in [-0.39, 0.29) is 16.4 Å². The largest absolute Gasteiger partial charge is 0.435 e. The number of carbonyl (C=O) groups excluding carboxylic acids is 1. The zero-order chi connectivity index (χ0) is 18.5. The maximum atomic E-state index is 13.3. The third-order valence-corrected chi connectivity index (χ3v) is 4.89. The molecule has 0 radical (unpaired) electrons. The number of ketones is 1. The minimum Gasteiger partial charge on any atom is -0.360 e. The van der Waals surface area contributed by atoms with Gasteiger partial charge in [-0.25, -0.2) is 4.98 Å². The molecule has 0 aliphatic heterocycles. The van der Waals surface area contributed by atoms with Gasteiger partial charge in [0.05, 0.1) is 5.69 Å². The fourth-order valence-corrected chi connectivity index (χ4v) is 3.69. The number of hydrogen-bond donors (Lipinski definition) is 1. The fraction of sp³-hybridized carbons (Fsp3) is 0.111. The summed E-state index contributed by atoms with van der Waals surface area (Å²) in [6.45, 7) is 1.79. The number of alkyl halides is 3. The number of thiazole rings is 1. The van der Waals surface area contributed by atoms with Crippen LogP contribution in [-0.2, 0) is 6.18 Å². The molecule has 3 aromatic heterocycles. The van der Waals surface area contributed by atoms with Crippen molar-refractivity contribution in [1.29, 1.82) is 0 Å². The first-order chi connectivity index (χ1) is 12.3. The Kier molecular flexibility index (Phi) is 3.73. The average Bonchev–Trinajstić information content (AvgIpc) is 3.24. The molecule has 0 saturated heterocycles. The number of fused-ring (bicyclic) bond motifs is 2. The molecule has 3 heterocycles. The van der Waals surface area contributed by atoms with Gasteiger partial charge in [-0.1, -0.05) is 18.2 Å². The Morgan fingerprint density at radius 1 is 1.31 bits per heavy atom. The molecule has 8 heteroatoms. The number of allylic oxidation sites excluding steroid dienone is 1. The summed E-state index contributed by atoms with van der Waals surface area (Å²) in [6, 6.07) is 7.24. The lowest BCUT2D eigenvalue weighted by molar-refractivity contribution is -0.140. The zero-order valence-electron chi connectivity index (χ0n) is 13.5. The number of benzene rings is 1. The van der Waals surface area contributed by atoms with E-state index in [0.717, 1.165) is 21.9 Å². The molecule has 132 valence electrons. The first kappa shape index (κ1) is 16.6. The molecule has 0 spiro atoms. The highest BCUT2D eigenvalue weighted by molar-refractivity contribution is 7.17. The molecule has 0 aliphatic carbocycles. The molecule has 0 amide bonds. The zero-order valence-corrected chi connectivity index (χ0v) is 14.3. The second kappa shape index (κ2) is 5.84. The van der Waals surface area contributed by atoms with Crippen LogP contribution in [-0.4, -0.2) is 20.2 Å². The van der Waals surface area contributed by atoms with Crippen LogP contribution in [0.1, 0.15) is 26.6 Å². The van der Waals surface area contributed by atoms with Gasteiger partial charge in [0, 0.05) is 33.7 Å². The average molecular weight is 375 g/mol. The van der Waals surface area contributed by atoms with Crippen molar-refractivity contribution < 1.29 is 18.0 Å².